The third kappa shape index (κ3) is 8.85. The van der Waals surface area contributed by atoms with E-state index in [2.05, 4.69) is 70.9 Å². The van der Waals surface area contributed by atoms with Crippen molar-refractivity contribution in [1.82, 2.24) is 24.6 Å². The molecule has 11 heteroatoms. The predicted molar refractivity (Wildman–Crippen MR) is 180 cm³/mol. The SMILES string of the molecule is Cc1ccc(C(C)C)c(-n2c(C)cs/c2=N\C(=O)NCCC(C)Cc2ccc(-c3ncn(-c4ccc(CC(F)(F)F)cc4)n3)cc2)c1. The molecule has 0 aliphatic rings. The number of aryl methyl sites for hydroxylation is 2. The molecule has 0 fully saturated rings. The van der Waals surface area contributed by atoms with Gasteiger partial charge in [0, 0.05) is 23.2 Å². The van der Waals surface area contributed by atoms with Gasteiger partial charge < -0.3 is 5.32 Å². The van der Waals surface area contributed by atoms with Crippen LogP contribution >= 0.6 is 11.3 Å². The van der Waals surface area contributed by atoms with Gasteiger partial charge in [-0.1, -0.05) is 69.3 Å². The van der Waals surface area contributed by atoms with E-state index in [4.69, 9.17) is 0 Å². The van der Waals surface area contributed by atoms with Crippen LogP contribution in [-0.2, 0) is 12.8 Å². The van der Waals surface area contributed by atoms with Crippen molar-refractivity contribution in [2.75, 3.05) is 6.54 Å². The first-order valence-corrected chi connectivity index (χ1v) is 16.5. The number of nitrogens with one attached hydrogen (secondary N) is 1. The van der Waals surface area contributed by atoms with Crippen molar-refractivity contribution >= 4 is 17.4 Å². The van der Waals surface area contributed by atoms with E-state index < -0.39 is 12.6 Å². The lowest BCUT2D eigenvalue weighted by molar-refractivity contribution is -0.127. The zero-order valence-corrected chi connectivity index (χ0v) is 28.0. The molecule has 7 nitrogen and oxygen atoms in total. The minimum Gasteiger partial charge on any atom is -0.336 e. The Kier molecular flexibility index (Phi) is 10.4. The van der Waals surface area contributed by atoms with Gasteiger partial charge >= 0.3 is 12.2 Å². The van der Waals surface area contributed by atoms with Gasteiger partial charge in [-0.3, -0.25) is 4.57 Å². The highest BCUT2D eigenvalue weighted by molar-refractivity contribution is 7.07. The number of carbonyl (C=O) groups excluding carboxylic acids is 1. The van der Waals surface area contributed by atoms with Crippen molar-refractivity contribution < 1.29 is 18.0 Å². The summed E-state index contributed by atoms with van der Waals surface area (Å²) in [5, 5.41) is 9.49. The van der Waals surface area contributed by atoms with E-state index >= 15 is 0 Å². The molecule has 3 aromatic carbocycles. The summed E-state index contributed by atoms with van der Waals surface area (Å²) >= 11 is 1.46. The van der Waals surface area contributed by atoms with E-state index in [-0.39, 0.29) is 11.6 Å². The van der Waals surface area contributed by atoms with Gasteiger partial charge in [0.05, 0.1) is 17.8 Å². The number of hydrogen-bond donors (Lipinski definition) is 1. The molecule has 0 saturated carbocycles. The van der Waals surface area contributed by atoms with Gasteiger partial charge in [0.2, 0.25) is 0 Å². The number of amides is 2. The normalized spacial score (nSPS) is 12.9. The largest absolute Gasteiger partial charge is 0.393 e. The standard InChI is InChI=1S/C36H39F3N6OS/c1-23(2)31-15-6-24(3)19-32(31)45-26(5)21-47-35(45)42-34(46)40-17-16-25(4)18-27-7-11-29(12-8-27)33-41-22-44(43-33)30-13-9-28(10-14-30)20-36(37,38)39/h6-15,19,21-23,25H,16-18,20H2,1-5H3,(H,40,46)/b42-35-. The summed E-state index contributed by atoms with van der Waals surface area (Å²) in [4.78, 5) is 22.3. The number of rotatable bonds is 10. The van der Waals surface area contributed by atoms with Gasteiger partial charge in [-0.2, -0.15) is 18.2 Å². The molecule has 5 aromatic rings. The molecule has 1 N–H and O–H groups in total. The molecule has 2 amide bonds. The van der Waals surface area contributed by atoms with Crippen molar-refractivity contribution in [3.63, 3.8) is 0 Å². The Labute approximate surface area is 276 Å². The van der Waals surface area contributed by atoms with Crippen LogP contribution in [0.25, 0.3) is 22.8 Å². The Bertz CT molecular complexity index is 1890. The van der Waals surface area contributed by atoms with Crippen LogP contribution in [0.1, 0.15) is 61.1 Å². The van der Waals surface area contributed by atoms with E-state index in [9.17, 15) is 18.0 Å². The molecule has 1 atom stereocenters. The second-order valence-corrected chi connectivity index (χ2v) is 13.2. The number of nitrogens with zero attached hydrogens (tertiary/aromatic N) is 5. The molecule has 47 heavy (non-hydrogen) atoms. The topological polar surface area (TPSA) is 77.1 Å². The minimum atomic E-state index is -4.24. The predicted octanol–water partition coefficient (Wildman–Crippen LogP) is 8.51. The van der Waals surface area contributed by atoms with Crippen LogP contribution in [-0.4, -0.2) is 38.1 Å². The van der Waals surface area contributed by atoms with Gasteiger partial charge in [-0.05, 0) is 79.0 Å². The van der Waals surface area contributed by atoms with E-state index in [1.807, 2.05) is 36.6 Å². The Hall–Kier alpha value is -4.51. The van der Waals surface area contributed by atoms with Crippen molar-refractivity contribution in [3.8, 4) is 22.8 Å². The fourth-order valence-corrected chi connectivity index (χ4v) is 6.33. The van der Waals surface area contributed by atoms with Crippen LogP contribution in [0.2, 0.25) is 0 Å². The van der Waals surface area contributed by atoms with Crippen LogP contribution in [0.15, 0.2) is 83.4 Å². The van der Waals surface area contributed by atoms with Crippen LogP contribution < -0.4 is 10.1 Å². The number of hydrogen-bond acceptors (Lipinski definition) is 4. The lowest BCUT2D eigenvalue weighted by Crippen LogP contribution is -2.26. The first kappa shape index (κ1) is 33.8. The summed E-state index contributed by atoms with van der Waals surface area (Å²) in [5.41, 5.74) is 7.30. The third-order valence-electron chi connectivity index (χ3n) is 7.93. The second-order valence-electron chi connectivity index (χ2n) is 12.3. The molecule has 0 saturated heterocycles. The fraction of sp³-hybridized carbons (Fsp3) is 0.333. The molecule has 0 spiro atoms. The molecule has 5 rings (SSSR count). The van der Waals surface area contributed by atoms with Gasteiger partial charge in [-0.15, -0.1) is 16.4 Å². The Morgan fingerprint density at radius 2 is 1.68 bits per heavy atom. The van der Waals surface area contributed by atoms with Crippen LogP contribution in [0.4, 0.5) is 18.0 Å². The fourth-order valence-electron chi connectivity index (χ4n) is 5.46. The lowest BCUT2D eigenvalue weighted by atomic mass is 9.97. The van der Waals surface area contributed by atoms with E-state index in [1.54, 1.807) is 23.1 Å². The molecule has 0 aliphatic heterocycles. The average Bonchev–Trinajstić information content (AvgIpc) is 3.64. The smallest absolute Gasteiger partial charge is 0.336 e. The number of thiazole rings is 1. The number of urea groups is 1. The Balaban J connectivity index is 1.15. The summed E-state index contributed by atoms with van der Waals surface area (Å²) in [7, 11) is 0. The number of aromatic nitrogens is 4. The quantitative estimate of drug-likeness (QED) is 0.163. The number of halogens is 3. The summed E-state index contributed by atoms with van der Waals surface area (Å²) < 4.78 is 41.6. The van der Waals surface area contributed by atoms with Crippen molar-refractivity contribution in [3.05, 3.63) is 111 Å². The molecule has 0 bridgehead atoms. The summed E-state index contributed by atoms with van der Waals surface area (Å²) in [6.45, 7) is 11.1. The summed E-state index contributed by atoms with van der Waals surface area (Å²) in [6, 6.07) is 20.2. The zero-order chi connectivity index (χ0) is 33.7. The minimum absolute atomic E-state index is 0.198. The molecular weight excluding hydrogens is 621 g/mol. The van der Waals surface area contributed by atoms with Gasteiger partial charge in [-0.25, -0.2) is 14.5 Å². The first-order valence-electron chi connectivity index (χ1n) is 15.6. The van der Waals surface area contributed by atoms with E-state index in [1.165, 1.54) is 29.0 Å². The zero-order valence-electron chi connectivity index (χ0n) is 27.2. The van der Waals surface area contributed by atoms with Gasteiger partial charge in [0.1, 0.15) is 6.33 Å². The first-order chi connectivity index (χ1) is 22.4. The van der Waals surface area contributed by atoms with E-state index in [0.29, 0.717) is 34.7 Å². The molecule has 2 heterocycles. The molecule has 0 radical (unpaired) electrons. The highest BCUT2D eigenvalue weighted by Crippen LogP contribution is 2.26. The molecular formula is C36H39F3N6OS. The lowest BCUT2D eigenvalue weighted by Gasteiger charge is -2.16. The van der Waals surface area contributed by atoms with Gasteiger partial charge in [0.25, 0.3) is 0 Å². The van der Waals surface area contributed by atoms with Crippen molar-refractivity contribution in [1.29, 1.82) is 0 Å². The molecule has 0 aliphatic carbocycles. The third-order valence-corrected chi connectivity index (χ3v) is 8.88. The maximum atomic E-state index is 12.8. The Morgan fingerprint density at radius 3 is 2.36 bits per heavy atom. The second kappa shape index (κ2) is 14.5. The highest BCUT2D eigenvalue weighted by atomic mass is 32.1. The number of benzene rings is 3. The maximum Gasteiger partial charge on any atom is 0.393 e. The van der Waals surface area contributed by atoms with E-state index in [0.717, 1.165) is 40.9 Å². The maximum absolute atomic E-state index is 12.8. The molecule has 246 valence electrons. The molecule has 1 unspecified atom stereocenters. The average molecular weight is 661 g/mol. The van der Waals surface area contributed by atoms with Crippen molar-refractivity contribution in [2.24, 2.45) is 10.9 Å². The molecule has 2 aromatic heterocycles. The number of alkyl halides is 3. The van der Waals surface area contributed by atoms with Crippen LogP contribution in [0.3, 0.4) is 0 Å². The Morgan fingerprint density at radius 1 is 0.979 bits per heavy atom. The summed E-state index contributed by atoms with van der Waals surface area (Å²) in [5.74, 6) is 1.19. The number of carbonyl (C=O) groups is 1. The van der Waals surface area contributed by atoms with Crippen molar-refractivity contribution in [2.45, 2.75) is 66.0 Å². The summed E-state index contributed by atoms with van der Waals surface area (Å²) in [6.07, 6.45) is -2.01. The van der Waals surface area contributed by atoms with Crippen LogP contribution in [0, 0.1) is 19.8 Å². The van der Waals surface area contributed by atoms with Crippen LogP contribution in [0.5, 0.6) is 0 Å². The monoisotopic (exact) mass is 660 g/mol. The highest BCUT2D eigenvalue weighted by Gasteiger charge is 2.27. The van der Waals surface area contributed by atoms with Gasteiger partial charge in [0.15, 0.2) is 10.6 Å².